The average molecular weight is 236 g/mol. The zero-order chi connectivity index (χ0) is 12.6. The lowest BCUT2D eigenvalue weighted by Gasteiger charge is -2.39. The summed E-state index contributed by atoms with van der Waals surface area (Å²) < 4.78 is 13.3. The van der Waals surface area contributed by atoms with Crippen LogP contribution >= 0.6 is 0 Å². The summed E-state index contributed by atoms with van der Waals surface area (Å²) in [4.78, 5) is 0. The van der Waals surface area contributed by atoms with Crippen LogP contribution in [0, 0.1) is 24.6 Å². The van der Waals surface area contributed by atoms with Crippen molar-refractivity contribution in [3.8, 4) is 0 Å². The van der Waals surface area contributed by atoms with E-state index in [1.807, 2.05) is 0 Å². The van der Waals surface area contributed by atoms with E-state index in [2.05, 4.69) is 13.8 Å². The van der Waals surface area contributed by atoms with Gasteiger partial charge >= 0.3 is 0 Å². The second-order valence-corrected chi connectivity index (χ2v) is 5.85. The van der Waals surface area contributed by atoms with Crippen molar-refractivity contribution in [2.45, 2.75) is 45.6 Å². The fourth-order valence-electron chi connectivity index (χ4n) is 3.26. The Balaban J connectivity index is 2.33. The fraction of sp³-hybridized carbons (Fsp3) is 0.600. The zero-order valence-electron chi connectivity index (χ0n) is 10.8. The maximum atomic E-state index is 13.3. The van der Waals surface area contributed by atoms with Crippen LogP contribution in [0.5, 0.6) is 0 Å². The average Bonchev–Trinajstić information content (AvgIpc) is 2.19. The Morgan fingerprint density at radius 1 is 1.24 bits per heavy atom. The first kappa shape index (κ1) is 12.6. The molecular formula is C15H21FO. The number of hydrogen-bond donors (Lipinski definition) is 1. The lowest BCUT2D eigenvalue weighted by atomic mass is 9.70. The van der Waals surface area contributed by atoms with Gasteiger partial charge in [0.2, 0.25) is 0 Å². The summed E-state index contributed by atoms with van der Waals surface area (Å²) in [6, 6.07) is 4.99. The van der Waals surface area contributed by atoms with Crippen LogP contribution in [0.2, 0.25) is 0 Å². The fourth-order valence-corrected chi connectivity index (χ4v) is 3.26. The van der Waals surface area contributed by atoms with Gasteiger partial charge in [-0.05, 0) is 55.2 Å². The third-order valence-electron chi connectivity index (χ3n) is 3.87. The SMILES string of the molecule is Cc1cc(C2(O)CC(C)CC(C)C2)ccc1F. The molecule has 1 nitrogen and oxygen atoms in total. The summed E-state index contributed by atoms with van der Waals surface area (Å²) in [7, 11) is 0. The second kappa shape index (κ2) is 4.41. The van der Waals surface area contributed by atoms with E-state index < -0.39 is 5.60 Å². The molecular weight excluding hydrogens is 215 g/mol. The van der Waals surface area contributed by atoms with E-state index in [9.17, 15) is 9.50 Å². The van der Waals surface area contributed by atoms with Crippen molar-refractivity contribution in [2.75, 3.05) is 0 Å². The van der Waals surface area contributed by atoms with Crippen LogP contribution in [0.25, 0.3) is 0 Å². The molecule has 0 amide bonds. The summed E-state index contributed by atoms with van der Waals surface area (Å²) in [6.07, 6.45) is 2.73. The molecule has 1 saturated carbocycles. The maximum absolute atomic E-state index is 13.3. The molecule has 1 N–H and O–H groups in total. The number of hydrogen-bond acceptors (Lipinski definition) is 1. The molecule has 2 unspecified atom stereocenters. The molecule has 0 aromatic heterocycles. The summed E-state index contributed by atoms with van der Waals surface area (Å²) in [6.45, 7) is 6.10. The van der Waals surface area contributed by atoms with E-state index in [0.717, 1.165) is 18.4 Å². The first-order chi connectivity index (χ1) is 7.90. The molecule has 1 aromatic carbocycles. The van der Waals surface area contributed by atoms with Gasteiger partial charge in [0.05, 0.1) is 5.60 Å². The van der Waals surface area contributed by atoms with E-state index in [0.29, 0.717) is 17.4 Å². The molecule has 0 aliphatic heterocycles. The summed E-state index contributed by atoms with van der Waals surface area (Å²) in [5.74, 6) is 0.845. The van der Waals surface area contributed by atoms with Gasteiger partial charge in [-0.1, -0.05) is 26.0 Å². The second-order valence-electron chi connectivity index (χ2n) is 5.85. The van der Waals surface area contributed by atoms with E-state index in [4.69, 9.17) is 0 Å². The Morgan fingerprint density at radius 2 is 1.82 bits per heavy atom. The van der Waals surface area contributed by atoms with Gasteiger partial charge < -0.3 is 5.11 Å². The molecule has 0 bridgehead atoms. The van der Waals surface area contributed by atoms with Crippen molar-refractivity contribution in [3.05, 3.63) is 35.1 Å². The number of aliphatic hydroxyl groups is 1. The zero-order valence-corrected chi connectivity index (χ0v) is 10.8. The van der Waals surface area contributed by atoms with E-state index in [1.54, 1.807) is 19.1 Å². The maximum Gasteiger partial charge on any atom is 0.126 e. The predicted molar refractivity (Wildman–Crippen MR) is 67.2 cm³/mol. The number of rotatable bonds is 1. The molecule has 1 aliphatic carbocycles. The van der Waals surface area contributed by atoms with Gasteiger partial charge in [-0.2, -0.15) is 0 Å². The monoisotopic (exact) mass is 236 g/mol. The third-order valence-corrected chi connectivity index (χ3v) is 3.87. The Labute approximate surface area is 103 Å². The first-order valence-corrected chi connectivity index (χ1v) is 6.40. The Morgan fingerprint density at radius 3 is 2.35 bits per heavy atom. The van der Waals surface area contributed by atoms with Crippen LogP contribution in [0.15, 0.2) is 18.2 Å². The number of benzene rings is 1. The van der Waals surface area contributed by atoms with Gasteiger partial charge in [0.15, 0.2) is 0 Å². The van der Waals surface area contributed by atoms with Gasteiger partial charge in [0.1, 0.15) is 5.82 Å². The summed E-state index contributed by atoms with van der Waals surface area (Å²) in [5, 5.41) is 10.8. The smallest absolute Gasteiger partial charge is 0.126 e. The van der Waals surface area contributed by atoms with Crippen molar-refractivity contribution in [1.82, 2.24) is 0 Å². The highest BCUT2D eigenvalue weighted by Gasteiger charge is 2.37. The summed E-state index contributed by atoms with van der Waals surface area (Å²) in [5.41, 5.74) is 0.715. The molecule has 0 spiro atoms. The van der Waals surface area contributed by atoms with E-state index in [1.165, 1.54) is 12.5 Å². The molecule has 0 saturated heterocycles. The van der Waals surface area contributed by atoms with Crippen molar-refractivity contribution in [3.63, 3.8) is 0 Å². The van der Waals surface area contributed by atoms with Crippen LogP contribution in [0.1, 0.15) is 44.2 Å². The highest BCUT2D eigenvalue weighted by atomic mass is 19.1. The predicted octanol–water partition coefficient (Wildman–Crippen LogP) is 3.78. The van der Waals surface area contributed by atoms with Gasteiger partial charge in [-0.25, -0.2) is 4.39 Å². The molecule has 2 rings (SSSR count). The van der Waals surface area contributed by atoms with Gasteiger partial charge in [0, 0.05) is 0 Å². The van der Waals surface area contributed by atoms with Gasteiger partial charge in [0.25, 0.3) is 0 Å². The van der Waals surface area contributed by atoms with Crippen molar-refractivity contribution < 1.29 is 9.50 Å². The minimum atomic E-state index is -0.768. The highest BCUT2D eigenvalue weighted by Crippen LogP contribution is 2.42. The van der Waals surface area contributed by atoms with Crippen LogP contribution in [0.4, 0.5) is 4.39 Å². The first-order valence-electron chi connectivity index (χ1n) is 6.40. The standard InChI is InChI=1S/C15H21FO/c1-10-6-11(2)9-15(17,8-10)13-4-5-14(16)12(3)7-13/h4-5,7,10-11,17H,6,8-9H2,1-3H3. The normalized spacial score (nSPS) is 33.7. The van der Waals surface area contributed by atoms with Crippen molar-refractivity contribution in [1.29, 1.82) is 0 Å². The lowest BCUT2D eigenvalue weighted by molar-refractivity contribution is -0.0363. The molecule has 1 aromatic rings. The molecule has 0 radical (unpaired) electrons. The molecule has 17 heavy (non-hydrogen) atoms. The van der Waals surface area contributed by atoms with Gasteiger partial charge in [-0.3, -0.25) is 0 Å². The Kier molecular flexibility index (Phi) is 3.26. The lowest BCUT2D eigenvalue weighted by Crippen LogP contribution is -2.35. The van der Waals surface area contributed by atoms with Crippen LogP contribution in [0.3, 0.4) is 0 Å². The molecule has 0 heterocycles. The summed E-state index contributed by atoms with van der Waals surface area (Å²) >= 11 is 0. The van der Waals surface area contributed by atoms with Crippen molar-refractivity contribution >= 4 is 0 Å². The highest BCUT2D eigenvalue weighted by molar-refractivity contribution is 5.29. The Hall–Kier alpha value is -0.890. The van der Waals surface area contributed by atoms with Crippen LogP contribution in [-0.4, -0.2) is 5.11 Å². The third kappa shape index (κ3) is 2.52. The number of aryl methyl sites for hydroxylation is 1. The van der Waals surface area contributed by atoms with Gasteiger partial charge in [-0.15, -0.1) is 0 Å². The van der Waals surface area contributed by atoms with Crippen LogP contribution < -0.4 is 0 Å². The Bertz CT molecular complexity index is 403. The van der Waals surface area contributed by atoms with E-state index >= 15 is 0 Å². The van der Waals surface area contributed by atoms with Crippen LogP contribution in [-0.2, 0) is 5.60 Å². The van der Waals surface area contributed by atoms with Crippen molar-refractivity contribution in [2.24, 2.45) is 11.8 Å². The minimum Gasteiger partial charge on any atom is -0.385 e. The topological polar surface area (TPSA) is 20.2 Å². The molecule has 1 fully saturated rings. The minimum absolute atomic E-state index is 0.200. The molecule has 2 heteroatoms. The quantitative estimate of drug-likeness (QED) is 0.786. The van der Waals surface area contributed by atoms with E-state index in [-0.39, 0.29) is 5.82 Å². The largest absolute Gasteiger partial charge is 0.385 e. The molecule has 94 valence electrons. The molecule has 2 atom stereocenters. The number of halogens is 1. The molecule has 1 aliphatic rings.